The van der Waals surface area contributed by atoms with E-state index in [1.54, 1.807) is 18.2 Å². The maximum Gasteiger partial charge on any atom is 0.494 e. The monoisotopic (exact) mass is 319 g/mol. The number of methoxy groups -OCH3 is 1. The average Bonchev–Trinajstić information content (AvgIpc) is 2.65. The van der Waals surface area contributed by atoms with Gasteiger partial charge in [0.2, 0.25) is 5.91 Å². The second-order valence-electron chi connectivity index (χ2n) is 6.60. The van der Waals surface area contributed by atoms with Crippen LogP contribution in [-0.4, -0.2) is 37.3 Å². The lowest BCUT2D eigenvalue weighted by Crippen LogP contribution is -2.41. The van der Waals surface area contributed by atoms with Crippen LogP contribution in [0.5, 0.6) is 0 Å². The molecule has 1 N–H and O–H groups in total. The van der Waals surface area contributed by atoms with Crippen LogP contribution in [0, 0.1) is 0 Å². The Kier molecular flexibility index (Phi) is 4.55. The van der Waals surface area contributed by atoms with Gasteiger partial charge in [-0.3, -0.25) is 4.79 Å². The SMILES string of the molecule is COC(=O)c1cc(NC(C)=O)cc(B2OC(C)(C)C(C)(C)O2)c1. The minimum atomic E-state index is -0.628. The van der Waals surface area contributed by atoms with E-state index >= 15 is 0 Å². The summed E-state index contributed by atoms with van der Waals surface area (Å²) in [6.45, 7) is 9.20. The molecule has 0 bridgehead atoms. The highest BCUT2D eigenvalue weighted by Gasteiger charge is 2.51. The number of carbonyl (C=O) groups is 2. The number of carbonyl (C=O) groups excluding carboxylic acids is 2. The van der Waals surface area contributed by atoms with Crippen molar-refractivity contribution in [2.75, 3.05) is 12.4 Å². The molecule has 6 nitrogen and oxygen atoms in total. The molecular formula is C16H22BNO5. The van der Waals surface area contributed by atoms with Gasteiger partial charge in [0.1, 0.15) is 0 Å². The first-order chi connectivity index (χ1) is 10.6. The van der Waals surface area contributed by atoms with E-state index in [4.69, 9.17) is 14.0 Å². The minimum Gasteiger partial charge on any atom is -0.465 e. The molecule has 1 fully saturated rings. The lowest BCUT2D eigenvalue weighted by Gasteiger charge is -2.32. The van der Waals surface area contributed by atoms with Crippen LogP contribution in [0.2, 0.25) is 0 Å². The second-order valence-corrected chi connectivity index (χ2v) is 6.60. The zero-order valence-corrected chi connectivity index (χ0v) is 14.4. The molecule has 1 aromatic rings. The van der Waals surface area contributed by atoms with E-state index in [0.29, 0.717) is 16.7 Å². The number of amides is 1. The standard InChI is InChI=1S/C16H22BNO5/c1-10(19)18-13-8-11(14(20)21-6)7-12(9-13)17-22-15(2,3)16(4,5)23-17/h7-9H,1-6H3,(H,18,19). The second kappa shape index (κ2) is 5.98. The van der Waals surface area contributed by atoms with Crippen LogP contribution in [0.4, 0.5) is 5.69 Å². The summed E-state index contributed by atoms with van der Waals surface area (Å²) in [6.07, 6.45) is 0. The van der Waals surface area contributed by atoms with E-state index in [1.165, 1.54) is 14.0 Å². The Balaban J connectivity index is 2.42. The van der Waals surface area contributed by atoms with Gasteiger partial charge in [0, 0.05) is 12.6 Å². The molecule has 1 aromatic carbocycles. The van der Waals surface area contributed by atoms with E-state index in [2.05, 4.69) is 5.32 Å². The quantitative estimate of drug-likeness (QED) is 0.678. The Morgan fingerprint density at radius 3 is 2.13 bits per heavy atom. The fraction of sp³-hybridized carbons (Fsp3) is 0.500. The Hall–Kier alpha value is -1.86. The fourth-order valence-electron chi connectivity index (χ4n) is 2.28. The van der Waals surface area contributed by atoms with Gasteiger partial charge in [0.25, 0.3) is 0 Å². The molecule has 0 aliphatic carbocycles. The number of ether oxygens (including phenoxy) is 1. The topological polar surface area (TPSA) is 73.9 Å². The van der Waals surface area contributed by atoms with Crippen LogP contribution in [0.1, 0.15) is 45.0 Å². The Bertz CT molecular complexity index is 625. The van der Waals surface area contributed by atoms with Crippen LogP contribution < -0.4 is 10.8 Å². The highest BCUT2D eigenvalue weighted by atomic mass is 16.7. The van der Waals surface area contributed by atoms with E-state index in [-0.39, 0.29) is 5.91 Å². The van der Waals surface area contributed by atoms with Crippen molar-refractivity contribution in [2.24, 2.45) is 0 Å². The molecule has 7 heteroatoms. The summed E-state index contributed by atoms with van der Waals surface area (Å²) in [5, 5.41) is 2.67. The van der Waals surface area contributed by atoms with Crippen molar-refractivity contribution < 1.29 is 23.6 Å². The molecule has 1 heterocycles. The molecule has 124 valence electrons. The largest absolute Gasteiger partial charge is 0.494 e. The molecule has 0 unspecified atom stereocenters. The summed E-state index contributed by atoms with van der Waals surface area (Å²) in [5.74, 6) is -0.721. The summed E-state index contributed by atoms with van der Waals surface area (Å²) in [6, 6.07) is 4.94. The third-order valence-corrected chi connectivity index (χ3v) is 4.22. The Labute approximate surface area is 136 Å². The van der Waals surface area contributed by atoms with Gasteiger partial charge in [-0.25, -0.2) is 4.79 Å². The molecular weight excluding hydrogens is 297 g/mol. The van der Waals surface area contributed by atoms with Crippen LogP contribution in [0.3, 0.4) is 0 Å². The predicted octanol–water partition coefficient (Wildman–Crippen LogP) is 1.73. The van der Waals surface area contributed by atoms with Crippen molar-refractivity contribution in [3.05, 3.63) is 23.8 Å². The Morgan fingerprint density at radius 2 is 1.65 bits per heavy atom. The number of anilines is 1. The Morgan fingerprint density at radius 1 is 1.09 bits per heavy atom. The van der Waals surface area contributed by atoms with Crippen molar-refractivity contribution in [2.45, 2.75) is 45.8 Å². The number of benzene rings is 1. The molecule has 1 aliphatic heterocycles. The zero-order valence-electron chi connectivity index (χ0n) is 14.4. The third-order valence-electron chi connectivity index (χ3n) is 4.22. The van der Waals surface area contributed by atoms with Crippen LogP contribution in [-0.2, 0) is 18.8 Å². The van der Waals surface area contributed by atoms with E-state index < -0.39 is 24.3 Å². The van der Waals surface area contributed by atoms with Gasteiger partial charge >= 0.3 is 13.1 Å². The van der Waals surface area contributed by atoms with Crippen molar-refractivity contribution in [1.82, 2.24) is 0 Å². The molecule has 1 amide bonds. The van der Waals surface area contributed by atoms with Crippen LogP contribution >= 0.6 is 0 Å². The molecule has 0 saturated carbocycles. The first-order valence-electron chi connectivity index (χ1n) is 7.42. The van der Waals surface area contributed by atoms with Gasteiger partial charge in [0.05, 0.1) is 23.9 Å². The van der Waals surface area contributed by atoms with Gasteiger partial charge in [-0.2, -0.15) is 0 Å². The third kappa shape index (κ3) is 3.56. The van der Waals surface area contributed by atoms with Crippen molar-refractivity contribution >= 4 is 30.1 Å². The van der Waals surface area contributed by atoms with Crippen molar-refractivity contribution in [3.8, 4) is 0 Å². The van der Waals surface area contributed by atoms with E-state index in [1.807, 2.05) is 27.7 Å². The van der Waals surface area contributed by atoms with Gasteiger partial charge in [-0.1, -0.05) is 0 Å². The van der Waals surface area contributed by atoms with E-state index in [9.17, 15) is 9.59 Å². The zero-order chi connectivity index (χ0) is 17.4. The molecule has 1 saturated heterocycles. The summed E-state index contributed by atoms with van der Waals surface area (Å²) in [4.78, 5) is 23.2. The number of esters is 1. The van der Waals surface area contributed by atoms with Gasteiger partial charge in [-0.15, -0.1) is 0 Å². The average molecular weight is 319 g/mol. The van der Waals surface area contributed by atoms with Gasteiger partial charge in [0.15, 0.2) is 0 Å². The minimum absolute atomic E-state index is 0.230. The lowest BCUT2D eigenvalue weighted by atomic mass is 9.78. The maximum atomic E-state index is 11.9. The molecule has 2 rings (SSSR count). The molecule has 0 aromatic heterocycles. The highest BCUT2D eigenvalue weighted by Crippen LogP contribution is 2.36. The van der Waals surface area contributed by atoms with Crippen LogP contribution in [0.25, 0.3) is 0 Å². The van der Waals surface area contributed by atoms with E-state index in [0.717, 1.165) is 0 Å². The predicted molar refractivity (Wildman–Crippen MR) is 87.8 cm³/mol. The summed E-state index contributed by atoms with van der Waals surface area (Å²) < 4.78 is 16.7. The normalized spacial score (nSPS) is 18.6. The maximum absolute atomic E-state index is 11.9. The smallest absolute Gasteiger partial charge is 0.465 e. The molecule has 0 radical (unpaired) electrons. The summed E-state index contributed by atoms with van der Waals surface area (Å²) in [7, 11) is 0.680. The molecule has 23 heavy (non-hydrogen) atoms. The summed E-state index contributed by atoms with van der Waals surface area (Å²) >= 11 is 0. The number of rotatable bonds is 3. The van der Waals surface area contributed by atoms with Gasteiger partial charge < -0.3 is 19.4 Å². The van der Waals surface area contributed by atoms with Crippen molar-refractivity contribution in [1.29, 1.82) is 0 Å². The first-order valence-corrected chi connectivity index (χ1v) is 7.42. The van der Waals surface area contributed by atoms with Crippen LogP contribution in [0.15, 0.2) is 18.2 Å². The highest BCUT2D eigenvalue weighted by molar-refractivity contribution is 6.62. The number of nitrogens with one attached hydrogen (secondary N) is 1. The number of hydrogen-bond donors (Lipinski definition) is 1. The van der Waals surface area contributed by atoms with Gasteiger partial charge in [-0.05, 0) is 51.4 Å². The summed E-state index contributed by atoms with van der Waals surface area (Å²) in [5.41, 5.74) is 0.476. The lowest BCUT2D eigenvalue weighted by molar-refractivity contribution is -0.114. The number of hydrogen-bond acceptors (Lipinski definition) is 5. The molecule has 1 aliphatic rings. The van der Waals surface area contributed by atoms with Crippen molar-refractivity contribution in [3.63, 3.8) is 0 Å². The first kappa shape index (κ1) is 17.5. The fourth-order valence-corrected chi connectivity index (χ4v) is 2.28. The molecule has 0 atom stereocenters. The molecule has 0 spiro atoms.